The van der Waals surface area contributed by atoms with Crippen LogP contribution in [0.25, 0.3) is 0 Å². The summed E-state index contributed by atoms with van der Waals surface area (Å²) >= 11 is 0. The van der Waals surface area contributed by atoms with Crippen molar-refractivity contribution in [3.63, 3.8) is 0 Å². The van der Waals surface area contributed by atoms with Crippen LogP contribution in [0.3, 0.4) is 0 Å². The third kappa shape index (κ3) is 4.50. The molecule has 2 atom stereocenters. The normalized spacial score (nSPS) is 19.8. The number of aliphatic hydroxyl groups is 1. The van der Waals surface area contributed by atoms with Crippen LogP contribution < -0.4 is 10.6 Å². The molecule has 1 aromatic rings. The summed E-state index contributed by atoms with van der Waals surface area (Å²) in [4.78, 5) is 12.4. The lowest BCUT2D eigenvalue weighted by Gasteiger charge is -2.39. The van der Waals surface area contributed by atoms with Gasteiger partial charge in [0, 0.05) is 17.8 Å². The number of carbonyl (C=O) groups excluding carboxylic acids is 1. The molecule has 1 saturated carbocycles. The second-order valence-corrected chi connectivity index (χ2v) is 7.58. The molecule has 3 N–H and O–H groups in total. The average molecular weight is 336 g/mol. The molecule has 0 radical (unpaired) electrons. The fourth-order valence-electron chi connectivity index (χ4n) is 3.44. The lowest BCUT2D eigenvalue weighted by atomic mass is 9.76. The first-order chi connectivity index (χ1) is 11.4. The Morgan fingerprint density at radius 2 is 2.04 bits per heavy atom. The molecule has 0 aliphatic heterocycles. The molecule has 0 saturated heterocycles. The van der Waals surface area contributed by atoms with Gasteiger partial charge >= 0.3 is 6.03 Å². The number of carbonyl (C=O) groups is 1. The van der Waals surface area contributed by atoms with Crippen molar-refractivity contribution in [2.45, 2.75) is 77.4 Å². The van der Waals surface area contributed by atoms with Gasteiger partial charge in [-0.25, -0.2) is 4.79 Å². The first-order valence-corrected chi connectivity index (χ1v) is 9.09. The third-order valence-corrected chi connectivity index (χ3v) is 5.23. The molecule has 24 heavy (non-hydrogen) atoms. The zero-order valence-electron chi connectivity index (χ0n) is 15.4. The molecular formula is C18H32N4O2. The molecule has 0 aromatic carbocycles. The van der Waals surface area contributed by atoms with Crippen molar-refractivity contribution in [2.24, 2.45) is 5.92 Å². The molecule has 1 aliphatic rings. The lowest BCUT2D eigenvalue weighted by Crippen LogP contribution is -2.57. The Hall–Kier alpha value is -1.56. The number of aromatic nitrogens is 2. The van der Waals surface area contributed by atoms with Crippen molar-refractivity contribution in [1.29, 1.82) is 0 Å². The molecule has 6 nitrogen and oxygen atoms in total. The van der Waals surface area contributed by atoms with Crippen LogP contribution in [0.5, 0.6) is 0 Å². The van der Waals surface area contributed by atoms with Crippen molar-refractivity contribution in [2.75, 3.05) is 6.61 Å². The van der Waals surface area contributed by atoms with E-state index in [1.54, 1.807) is 6.20 Å². The number of hydrogen-bond donors (Lipinski definition) is 3. The number of amides is 2. The van der Waals surface area contributed by atoms with Crippen LogP contribution in [0.15, 0.2) is 12.4 Å². The Kier molecular flexibility index (Phi) is 6.27. The van der Waals surface area contributed by atoms with Gasteiger partial charge in [-0.1, -0.05) is 19.3 Å². The maximum Gasteiger partial charge on any atom is 0.315 e. The summed E-state index contributed by atoms with van der Waals surface area (Å²) in [6.07, 6.45) is 9.48. The molecule has 1 aromatic heterocycles. The van der Waals surface area contributed by atoms with Crippen molar-refractivity contribution < 1.29 is 9.90 Å². The molecule has 0 spiro atoms. The lowest BCUT2D eigenvalue weighted by molar-refractivity contribution is 0.101. The molecule has 1 heterocycles. The van der Waals surface area contributed by atoms with Crippen LogP contribution in [-0.4, -0.2) is 33.1 Å². The maximum absolute atomic E-state index is 12.4. The van der Waals surface area contributed by atoms with E-state index in [4.69, 9.17) is 0 Å². The fraction of sp³-hybridized carbons (Fsp3) is 0.778. The van der Waals surface area contributed by atoms with Crippen LogP contribution in [0.2, 0.25) is 0 Å². The van der Waals surface area contributed by atoms with E-state index in [1.165, 1.54) is 19.3 Å². The predicted molar refractivity (Wildman–Crippen MR) is 94.8 cm³/mol. The van der Waals surface area contributed by atoms with E-state index in [-0.39, 0.29) is 18.7 Å². The molecular weight excluding hydrogens is 304 g/mol. The molecule has 136 valence electrons. The summed E-state index contributed by atoms with van der Waals surface area (Å²) in [6.45, 7) is 7.99. The highest BCUT2D eigenvalue weighted by Crippen LogP contribution is 2.32. The Bertz CT molecular complexity index is 537. The molecule has 1 fully saturated rings. The smallest absolute Gasteiger partial charge is 0.315 e. The summed E-state index contributed by atoms with van der Waals surface area (Å²) in [5, 5.41) is 20.1. The van der Waals surface area contributed by atoms with Crippen LogP contribution in [0.1, 0.15) is 77.4 Å². The first-order valence-electron chi connectivity index (χ1n) is 9.09. The summed E-state index contributed by atoms with van der Waals surface area (Å²) in [6, 6.07) is -0.0718. The van der Waals surface area contributed by atoms with Gasteiger partial charge in [0.15, 0.2) is 0 Å². The molecule has 2 amide bonds. The van der Waals surface area contributed by atoms with Gasteiger partial charge in [-0.15, -0.1) is 0 Å². The highest BCUT2D eigenvalue weighted by molar-refractivity contribution is 5.75. The summed E-state index contributed by atoms with van der Waals surface area (Å²) in [5.74, 6) is 0.334. The zero-order valence-corrected chi connectivity index (χ0v) is 15.4. The molecule has 2 rings (SSSR count). The second kappa shape index (κ2) is 8.01. The van der Waals surface area contributed by atoms with Gasteiger partial charge in [-0.05, 0) is 46.5 Å². The Morgan fingerprint density at radius 3 is 2.58 bits per heavy atom. The summed E-state index contributed by atoms with van der Waals surface area (Å²) < 4.78 is 1.88. The van der Waals surface area contributed by atoms with Crippen LogP contribution in [0.4, 0.5) is 4.79 Å². The second-order valence-electron chi connectivity index (χ2n) is 7.58. The monoisotopic (exact) mass is 336 g/mol. The van der Waals surface area contributed by atoms with Crippen molar-refractivity contribution in [3.8, 4) is 0 Å². The number of rotatable bonds is 6. The first kappa shape index (κ1) is 18.8. The van der Waals surface area contributed by atoms with E-state index in [1.807, 2.05) is 24.7 Å². The topological polar surface area (TPSA) is 79.2 Å². The number of hydrogen-bond acceptors (Lipinski definition) is 3. The van der Waals surface area contributed by atoms with Gasteiger partial charge in [-0.3, -0.25) is 4.68 Å². The van der Waals surface area contributed by atoms with Gasteiger partial charge in [0.1, 0.15) is 0 Å². The minimum atomic E-state index is -0.563. The summed E-state index contributed by atoms with van der Waals surface area (Å²) in [5.41, 5.74) is 0.411. The van der Waals surface area contributed by atoms with Crippen LogP contribution in [-0.2, 0) is 0 Å². The minimum absolute atomic E-state index is 0.0370. The Morgan fingerprint density at radius 1 is 1.38 bits per heavy atom. The maximum atomic E-state index is 12.4. The van der Waals surface area contributed by atoms with Gasteiger partial charge < -0.3 is 15.7 Å². The third-order valence-electron chi connectivity index (χ3n) is 5.23. The SMILES string of the molecule is CC(NC(=O)NC(C)(CO)C1CCCCC1)c1cnn(C(C)C)c1. The predicted octanol–water partition coefficient (Wildman–Crippen LogP) is 3.16. The number of nitrogens with one attached hydrogen (secondary N) is 2. The van der Waals surface area contributed by atoms with E-state index in [9.17, 15) is 9.90 Å². The minimum Gasteiger partial charge on any atom is -0.394 e. The van der Waals surface area contributed by atoms with Crippen molar-refractivity contribution >= 4 is 6.03 Å². The van der Waals surface area contributed by atoms with Crippen molar-refractivity contribution in [3.05, 3.63) is 18.0 Å². The van der Waals surface area contributed by atoms with Gasteiger partial charge in [0.25, 0.3) is 0 Å². The molecule has 2 unspecified atom stereocenters. The fourth-order valence-corrected chi connectivity index (χ4v) is 3.44. The zero-order chi connectivity index (χ0) is 17.7. The number of aliphatic hydroxyl groups excluding tert-OH is 1. The molecule has 1 aliphatic carbocycles. The number of urea groups is 1. The van der Waals surface area contributed by atoms with E-state index in [2.05, 4.69) is 29.6 Å². The van der Waals surface area contributed by atoms with Crippen molar-refractivity contribution in [1.82, 2.24) is 20.4 Å². The largest absolute Gasteiger partial charge is 0.394 e. The summed E-state index contributed by atoms with van der Waals surface area (Å²) in [7, 11) is 0. The van der Waals surface area contributed by atoms with E-state index < -0.39 is 5.54 Å². The highest BCUT2D eigenvalue weighted by atomic mass is 16.3. The Balaban J connectivity index is 1.94. The Labute approximate surface area is 145 Å². The average Bonchev–Trinajstić information content (AvgIpc) is 3.06. The van der Waals surface area contributed by atoms with E-state index >= 15 is 0 Å². The highest BCUT2D eigenvalue weighted by Gasteiger charge is 2.36. The van der Waals surface area contributed by atoms with E-state index in [0.29, 0.717) is 12.0 Å². The van der Waals surface area contributed by atoms with Crippen LogP contribution >= 0.6 is 0 Å². The quantitative estimate of drug-likeness (QED) is 0.746. The van der Waals surface area contributed by atoms with Crippen LogP contribution in [0, 0.1) is 5.92 Å². The van der Waals surface area contributed by atoms with Gasteiger partial charge in [-0.2, -0.15) is 5.10 Å². The van der Waals surface area contributed by atoms with Gasteiger partial charge in [0.05, 0.1) is 24.4 Å². The number of nitrogens with zero attached hydrogens (tertiary/aromatic N) is 2. The van der Waals surface area contributed by atoms with E-state index in [0.717, 1.165) is 18.4 Å². The standard InChI is InChI=1S/C18H32N4O2/c1-13(2)22-11-15(10-19-22)14(3)20-17(24)21-18(4,12-23)16-8-6-5-7-9-16/h10-11,13-14,16,23H,5-9,12H2,1-4H3,(H2,20,21,24). The molecule has 0 bridgehead atoms. The van der Waals surface area contributed by atoms with Gasteiger partial charge in [0.2, 0.25) is 0 Å². The molecule has 6 heteroatoms.